The van der Waals surface area contributed by atoms with Crippen molar-refractivity contribution in [3.05, 3.63) is 65.1 Å². The number of carbonyl (C=O) groups is 3. The number of sulfonamides is 1. The number of rotatable bonds is 10. The summed E-state index contributed by atoms with van der Waals surface area (Å²) in [4.78, 5) is 52.7. The van der Waals surface area contributed by atoms with E-state index in [4.69, 9.17) is 4.98 Å². The standard InChI is InChI=1S/C43H52F2N8O6S/c1-25-19-30(6-9-36(25)47-42-46-22-33-39(49-42)53(41(57)43(33)14-15-43)28-3-2-4-29(54)20-28)60(58,59)50-37-13-16-51(24-35(37)45)23-26-11-17-52(18-12-26)27-5-7-31(34(44)21-27)32-8-10-38(55)48-40(32)56/h5-7,9,19,21-22,26,28-29,32,35,37,50,54H,2-4,8,10-18,20,23-24H2,1H3,(H,46,47,49)(H,48,55,56)/t28-,29-,32?,35+,37-/m1/s1. The minimum Gasteiger partial charge on any atom is -0.393 e. The molecule has 3 amide bonds. The van der Waals surface area contributed by atoms with Gasteiger partial charge >= 0.3 is 0 Å². The molecule has 2 aromatic carbocycles. The summed E-state index contributed by atoms with van der Waals surface area (Å²) in [6, 6.07) is 8.58. The predicted octanol–water partition coefficient (Wildman–Crippen LogP) is 4.48. The highest BCUT2D eigenvalue weighted by Crippen LogP contribution is 2.57. The topological polar surface area (TPSA) is 177 Å². The van der Waals surface area contributed by atoms with E-state index in [1.54, 1.807) is 30.2 Å². The number of nitrogens with zero attached hydrogens (tertiary/aromatic N) is 5. The van der Waals surface area contributed by atoms with Crippen LogP contribution in [0.15, 0.2) is 47.5 Å². The van der Waals surface area contributed by atoms with Crippen LogP contribution in [0, 0.1) is 18.7 Å². The third kappa shape index (κ3) is 7.89. The van der Waals surface area contributed by atoms with Gasteiger partial charge in [-0.25, -0.2) is 26.9 Å². The van der Waals surface area contributed by atoms with Crippen molar-refractivity contribution in [2.45, 2.75) is 118 Å². The molecular formula is C43H52F2N8O6S. The molecule has 0 bridgehead atoms. The summed E-state index contributed by atoms with van der Waals surface area (Å²) in [5, 5.41) is 15.8. The highest BCUT2D eigenvalue weighted by molar-refractivity contribution is 7.89. The molecule has 2 saturated carbocycles. The largest absolute Gasteiger partial charge is 0.393 e. The average Bonchev–Trinajstić information content (AvgIpc) is 3.98. The SMILES string of the molecule is Cc1cc(S(=O)(=O)N[C@@H]2CCN(CC3CCN(c4ccc(C5CCC(=O)NC5=O)c(F)c4)CC3)C[C@@H]2F)ccc1Nc1ncc2c(n1)N([C@@H]1CCC[C@@H](O)C1)C(=O)C21CC1. The number of benzene rings is 2. The number of hydrogen-bond acceptors (Lipinski definition) is 11. The third-order valence-electron chi connectivity index (χ3n) is 13.7. The summed E-state index contributed by atoms with van der Waals surface area (Å²) in [6.45, 7) is 4.54. The number of aliphatic hydroxyl groups excluding tert-OH is 1. The average molecular weight is 847 g/mol. The first kappa shape index (κ1) is 40.8. The highest BCUT2D eigenvalue weighted by atomic mass is 32.2. The highest BCUT2D eigenvalue weighted by Gasteiger charge is 2.61. The molecule has 17 heteroatoms. The third-order valence-corrected chi connectivity index (χ3v) is 15.1. The zero-order valence-electron chi connectivity index (χ0n) is 33.7. The second-order valence-corrected chi connectivity index (χ2v) is 19.4. The number of halogens is 2. The Kier molecular flexibility index (Phi) is 10.9. The van der Waals surface area contributed by atoms with Crippen LogP contribution in [0.3, 0.4) is 0 Å². The van der Waals surface area contributed by atoms with E-state index in [-0.39, 0.29) is 48.1 Å². The van der Waals surface area contributed by atoms with Gasteiger partial charge < -0.3 is 20.2 Å². The van der Waals surface area contributed by atoms with Crippen LogP contribution >= 0.6 is 0 Å². The van der Waals surface area contributed by atoms with Crippen LogP contribution in [0.4, 0.5) is 31.9 Å². The van der Waals surface area contributed by atoms with Gasteiger partial charge in [-0.1, -0.05) is 6.07 Å². The lowest BCUT2D eigenvalue weighted by Gasteiger charge is -2.39. The quantitative estimate of drug-likeness (QED) is 0.212. The van der Waals surface area contributed by atoms with Crippen LogP contribution in [0.5, 0.6) is 0 Å². The first-order chi connectivity index (χ1) is 28.8. The van der Waals surface area contributed by atoms with E-state index in [2.05, 4.69) is 30.1 Å². The molecule has 4 N–H and O–H groups in total. The molecule has 9 rings (SSSR count). The van der Waals surface area contributed by atoms with E-state index in [1.165, 1.54) is 18.2 Å². The Morgan fingerprint density at radius 2 is 1.80 bits per heavy atom. The van der Waals surface area contributed by atoms with Crippen LogP contribution in [0.1, 0.15) is 93.2 Å². The maximum atomic E-state index is 15.6. The fourth-order valence-corrected chi connectivity index (χ4v) is 11.4. The summed E-state index contributed by atoms with van der Waals surface area (Å²) in [7, 11) is -4.04. The van der Waals surface area contributed by atoms with Crippen LogP contribution in [-0.4, -0.2) is 103 Å². The number of imide groups is 1. The molecule has 1 spiro atoms. The van der Waals surface area contributed by atoms with Crippen LogP contribution in [0.25, 0.3) is 0 Å². The number of fused-ring (bicyclic) bond motifs is 2. The van der Waals surface area contributed by atoms with Crippen molar-refractivity contribution in [3.63, 3.8) is 0 Å². The molecule has 1 unspecified atom stereocenters. The second kappa shape index (κ2) is 16.0. The zero-order valence-corrected chi connectivity index (χ0v) is 34.5. The van der Waals surface area contributed by atoms with E-state index in [9.17, 15) is 27.9 Å². The van der Waals surface area contributed by atoms with E-state index in [0.717, 1.165) is 56.2 Å². The monoisotopic (exact) mass is 846 g/mol. The number of carbonyl (C=O) groups excluding carboxylic acids is 3. The Hall–Kier alpha value is -4.58. The Morgan fingerprint density at radius 1 is 1.00 bits per heavy atom. The summed E-state index contributed by atoms with van der Waals surface area (Å²) in [5.74, 6) is -0.734. The van der Waals surface area contributed by atoms with Crippen molar-refractivity contribution < 1.29 is 36.7 Å². The number of aromatic nitrogens is 2. The molecular weight excluding hydrogens is 795 g/mol. The van der Waals surface area contributed by atoms with Gasteiger partial charge in [-0.05, 0) is 119 Å². The number of nitrogens with one attached hydrogen (secondary N) is 3. The Bertz CT molecular complexity index is 2300. The van der Waals surface area contributed by atoms with Gasteiger partial charge in [0.05, 0.1) is 28.4 Å². The van der Waals surface area contributed by atoms with E-state index in [0.29, 0.717) is 67.6 Å². The van der Waals surface area contributed by atoms with E-state index < -0.39 is 51.4 Å². The van der Waals surface area contributed by atoms with Crippen LogP contribution in [0.2, 0.25) is 0 Å². The lowest BCUT2D eigenvalue weighted by Crippen LogP contribution is -2.53. The molecule has 5 fully saturated rings. The maximum Gasteiger partial charge on any atom is 0.240 e. The van der Waals surface area contributed by atoms with Crippen molar-refractivity contribution in [2.24, 2.45) is 5.92 Å². The first-order valence-corrected chi connectivity index (χ1v) is 22.8. The van der Waals surface area contributed by atoms with Crippen LogP contribution in [-0.2, 0) is 29.8 Å². The summed E-state index contributed by atoms with van der Waals surface area (Å²) < 4.78 is 60.5. The predicted molar refractivity (Wildman–Crippen MR) is 220 cm³/mol. The van der Waals surface area contributed by atoms with Gasteiger partial charge in [-0.15, -0.1) is 0 Å². The minimum absolute atomic E-state index is 0.0237. The minimum atomic E-state index is -4.04. The van der Waals surface area contributed by atoms with Crippen molar-refractivity contribution in [2.75, 3.05) is 47.8 Å². The van der Waals surface area contributed by atoms with E-state index >= 15 is 8.78 Å². The number of amides is 3. The van der Waals surface area contributed by atoms with Crippen molar-refractivity contribution in [1.29, 1.82) is 0 Å². The molecule has 60 heavy (non-hydrogen) atoms. The summed E-state index contributed by atoms with van der Waals surface area (Å²) in [5.41, 5.74) is 2.51. The van der Waals surface area contributed by atoms with Crippen molar-refractivity contribution in [3.8, 4) is 0 Å². The number of hydrogen-bond donors (Lipinski definition) is 4. The molecule has 320 valence electrons. The molecule has 5 heterocycles. The summed E-state index contributed by atoms with van der Waals surface area (Å²) in [6.07, 6.45) is 6.75. The van der Waals surface area contributed by atoms with E-state index in [1.807, 2.05) is 6.07 Å². The van der Waals surface area contributed by atoms with Crippen molar-refractivity contribution in [1.82, 2.24) is 24.9 Å². The smallest absolute Gasteiger partial charge is 0.240 e. The molecule has 14 nitrogen and oxygen atoms in total. The maximum absolute atomic E-state index is 15.6. The fraction of sp³-hybridized carbons (Fsp3) is 0.558. The van der Waals surface area contributed by atoms with Gasteiger partial charge in [0.1, 0.15) is 17.8 Å². The number of anilines is 4. The van der Waals surface area contributed by atoms with Gasteiger partial charge in [-0.2, -0.15) is 4.98 Å². The molecule has 0 radical (unpaired) electrons. The van der Waals surface area contributed by atoms with Crippen LogP contribution < -0.4 is 25.2 Å². The molecule has 4 aliphatic heterocycles. The fourth-order valence-electron chi connectivity index (χ4n) is 10.0. The molecule has 6 aliphatic rings. The Balaban J connectivity index is 0.770. The molecule has 3 saturated heterocycles. The summed E-state index contributed by atoms with van der Waals surface area (Å²) >= 11 is 0. The number of likely N-dealkylation sites (tertiary alicyclic amines) is 1. The number of piperidine rings is 3. The van der Waals surface area contributed by atoms with Gasteiger partial charge in [0.2, 0.25) is 33.7 Å². The first-order valence-electron chi connectivity index (χ1n) is 21.3. The second-order valence-electron chi connectivity index (χ2n) is 17.7. The Labute approximate surface area is 348 Å². The van der Waals surface area contributed by atoms with Gasteiger partial charge in [0.15, 0.2) is 0 Å². The lowest BCUT2D eigenvalue weighted by atomic mass is 9.89. The molecule has 5 atom stereocenters. The zero-order chi connectivity index (χ0) is 41.9. The van der Waals surface area contributed by atoms with Gasteiger partial charge in [0, 0.05) is 67.3 Å². The van der Waals surface area contributed by atoms with Gasteiger partial charge in [-0.3, -0.25) is 24.6 Å². The lowest BCUT2D eigenvalue weighted by molar-refractivity contribution is -0.134. The molecule has 3 aromatic rings. The molecule has 2 aliphatic carbocycles. The normalized spacial score (nSPS) is 27.3. The molecule has 1 aromatic heterocycles. The number of aryl methyl sites for hydroxylation is 1. The van der Waals surface area contributed by atoms with Crippen molar-refractivity contribution >= 4 is 50.9 Å². The van der Waals surface area contributed by atoms with Gasteiger partial charge in [0.25, 0.3) is 0 Å². The number of aliphatic hydroxyl groups is 1. The Morgan fingerprint density at radius 3 is 2.50 bits per heavy atom. The number of alkyl halides is 1.